The van der Waals surface area contributed by atoms with Gasteiger partial charge in [-0.05, 0) is 48.5 Å². The summed E-state index contributed by atoms with van der Waals surface area (Å²) in [6.07, 6.45) is 2.61. The summed E-state index contributed by atoms with van der Waals surface area (Å²) in [5, 5.41) is 15.5. The Hall–Kier alpha value is -3.78. The molecule has 0 fully saturated rings. The molecule has 2 heterocycles. The van der Waals surface area contributed by atoms with E-state index in [0.29, 0.717) is 24.1 Å². The number of hydrogen-bond acceptors (Lipinski definition) is 8. The summed E-state index contributed by atoms with van der Waals surface area (Å²) in [5.41, 5.74) is 7.71. The zero-order valence-electron chi connectivity index (χ0n) is 18.5. The number of nitrogens with zero attached hydrogens (tertiary/aromatic N) is 2. The van der Waals surface area contributed by atoms with Crippen molar-refractivity contribution >= 4 is 11.6 Å². The molecule has 2 aromatic heterocycles. The number of ketones is 2. The number of hydrogen-bond donors (Lipinski definition) is 2. The number of aromatic nitrogens is 2. The molecule has 6 rings (SSSR count). The van der Waals surface area contributed by atoms with Gasteiger partial charge in [-0.1, -0.05) is 30.3 Å². The zero-order valence-corrected chi connectivity index (χ0v) is 18.5. The average Bonchev–Trinajstić information content (AvgIpc) is 3.28. The van der Waals surface area contributed by atoms with Crippen LogP contribution in [0.5, 0.6) is 5.88 Å². The van der Waals surface area contributed by atoms with Crippen LogP contribution in [0.15, 0.2) is 64.5 Å². The lowest BCUT2D eigenvalue weighted by atomic mass is 9.54. The Morgan fingerprint density at radius 1 is 1.21 bits per heavy atom. The number of allylic oxidation sites excluding steroid dienone is 2. The van der Waals surface area contributed by atoms with Gasteiger partial charge >= 0.3 is 0 Å². The topological polar surface area (TPSA) is 129 Å². The van der Waals surface area contributed by atoms with E-state index in [1.165, 1.54) is 0 Å². The number of benzene rings is 1. The van der Waals surface area contributed by atoms with Gasteiger partial charge in [0.25, 0.3) is 5.88 Å². The van der Waals surface area contributed by atoms with Gasteiger partial charge < -0.3 is 20.1 Å². The van der Waals surface area contributed by atoms with Gasteiger partial charge in [-0.25, -0.2) is 0 Å². The van der Waals surface area contributed by atoms with Crippen molar-refractivity contribution < 1.29 is 24.0 Å². The number of aliphatic hydroxyl groups excluding tert-OH is 1. The molecule has 4 atom stereocenters. The number of Topliss-reactive ketones (excluding diaryl/α,β-unsaturated/α-hetero) is 2. The first-order valence-corrected chi connectivity index (χ1v) is 11.3. The van der Waals surface area contributed by atoms with Crippen molar-refractivity contribution in [2.24, 2.45) is 23.0 Å². The predicted octanol–water partition coefficient (Wildman–Crippen LogP) is 3.74. The second-order valence-electron chi connectivity index (χ2n) is 9.39. The first-order valence-electron chi connectivity index (χ1n) is 11.3. The molecule has 0 saturated carbocycles. The maximum absolute atomic E-state index is 13.9. The second-order valence-corrected chi connectivity index (χ2v) is 9.39. The number of carbonyl (C=O) groups excluding carboxylic acids is 2. The summed E-state index contributed by atoms with van der Waals surface area (Å²) in [5.74, 6) is -1.33. The lowest BCUT2D eigenvalue weighted by Crippen LogP contribution is -2.52. The summed E-state index contributed by atoms with van der Waals surface area (Å²) in [7, 11) is 0. The third-order valence-corrected chi connectivity index (χ3v) is 7.60. The molecule has 3 aliphatic rings. The Morgan fingerprint density at radius 2 is 2.00 bits per heavy atom. The molecule has 3 aromatic rings. The molecule has 8 nitrogen and oxygen atoms in total. The van der Waals surface area contributed by atoms with Gasteiger partial charge in [-0.2, -0.15) is 0 Å². The Morgan fingerprint density at radius 3 is 2.79 bits per heavy atom. The minimum atomic E-state index is -1.38. The van der Waals surface area contributed by atoms with E-state index >= 15 is 0 Å². The Balaban J connectivity index is 1.42. The standard InChI is InChI=1S/C26H23N3O5/c1-26-16(10-14-11-17-15(8-5-9-28-17)21(30)18(14)23(26)31)20(27)22-19(24(26)32)25(29-34-22)33-12-13-6-3-2-4-7-13/h2-9,14,16,20,31H,10-12,27H2,1H3/t14-,16+,20+,26-/m1/s1. The van der Waals surface area contributed by atoms with Gasteiger partial charge in [0.15, 0.2) is 17.3 Å². The van der Waals surface area contributed by atoms with Crippen LogP contribution in [0.25, 0.3) is 0 Å². The summed E-state index contributed by atoms with van der Waals surface area (Å²) in [4.78, 5) is 31.6. The zero-order chi connectivity index (χ0) is 23.6. The molecule has 0 saturated heterocycles. The molecule has 0 radical (unpaired) electrons. The van der Waals surface area contributed by atoms with Gasteiger partial charge in [-0.15, -0.1) is 0 Å². The summed E-state index contributed by atoms with van der Waals surface area (Å²) < 4.78 is 11.3. The van der Waals surface area contributed by atoms with E-state index in [1.54, 1.807) is 25.3 Å². The van der Waals surface area contributed by atoms with Gasteiger partial charge in [0.1, 0.15) is 17.9 Å². The van der Waals surface area contributed by atoms with Crippen molar-refractivity contribution in [2.75, 3.05) is 0 Å². The van der Waals surface area contributed by atoms with Gasteiger partial charge in [0.05, 0.1) is 17.2 Å². The quantitative estimate of drug-likeness (QED) is 0.609. The number of nitrogens with two attached hydrogens (primary N) is 1. The fraction of sp³-hybridized carbons (Fsp3) is 0.308. The molecule has 0 amide bonds. The SMILES string of the molecule is C[C@@]12C(=O)c3c(OCc4ccccc4)noc3[C@@H](N)[C@@H]1C[C@@H]1Cc3ncccc3C(=O)C1=C2O. The molecule has 0 aliphatic heterocycles. The fourth-order valence-corrected chi connectivity index (χ4v) is 5.75. The molecule has 0 spiro atoms. The van der Waals surface area contributed by atoms with E-state index in [2.05, 4.69) is 10.1 Å². The molecule has 172 valence electrons. The van der Waals surface area contributed by atoms with Crippen molar-refractivity contribution in [3.05, 3.63) is 88.1 Å². The minimum absolute atomic E-state index is 0.0448. The van der Waals surface area contributed by atoms with E-state index in [4.69, 9.17) is 15.0 Å². The molecule has 0 unspecified atom stereocenters. The van der Waals surface area contributed by atoms with E-state index < -0.39 is 23.2 Å². The maximum Gasteiger partial charge on any atom is 0.265 e. The molecule has 0 bridgehead atoms. The lowest BCUT2D eigenvalue weighted by molar-refractivity contribution is 0.0429. The lowest BCUT2D eigenvalue weighted by Gasteiger charge is -2.48. The highest BCUT2D eigenvalue weighted by atomic mass is 16.5. The molecule has 8 heteroatoms. The molecule has 34 heavy (non-hydrogen) atoms. The summed E-state index contributed by atoms with van der Waals surface area (Å²) >= 11 is 0. The van der Waals surface area contributed by atoms with Crippen molar-refractivity contribution in [3.8, 4) is 5.88 Å². The molecular weight excluding hydrogens is 434 g/mol. The Kier molecular flexibility index (Phi) is 4.50. The highest BCUT2D eigenvalue weighted by molar-refractivity contribution is 6.13. The first-order chi connectivity index (χ1) is 16.4. The Labute approximate surface area is 195 Å². The van der Waals surface area contributed by atoms with Gasteiger partial charge in [-0.3, -0.25) is 14.6 Å². The summed E-state index contributed by atoms with van der Waals surface area (Å²) in [6.45, 7) is 1.85. The molecule has 1 aromatic carbocycles. The van der Waals surface area contributed by atoms with Crippen molar-refractivity contribution in [1.29, 1.82) is 0 Å². The van der Waals surface area contributed by atoms with Crippen LogP contribution in [0.4, 0.5) is 0 Å². The third kappa shape index (κ3) is 2.75. The van der Waals surface area contributed by atoms with E-state index in [-0.39, 0.29) is 46.8 Å². The first kappa shape index (κ1) is 20.8. The summed E-state index contributed by atoms with van der Waals surface area (Å²) in [6, 6.07) is 12.2. The van der Waals surface area contributed by atoms with E-state index in [9.17, 15) is 14.7 Å². The van der Waals surface area contributed by atoms with Crippen molar-refractivity contribution in [3.63, 3.8) is 0 Å². The van der Waals surface area contributed by atoms with Crippen LogP contribution in [0.3, 0.4) is 0 Å². The Bertz CT molecular complexity index is 1360. The number of pyridine rings is 1. The van der Waals surface area contributed by atoms with E-state index in [0.717, 1.165) is 5.56 Å². The minimum Gasteiger partial charge on any atom is -0.511 e. The third-order valence-electron chi connectivity index (χ3n) is 7.60. The van der Waals surface area contributed by atoms with Crippen LogP contribution < -0.4 is 10.5 Å². The number of rotatable bonds is 3. The molecule has 3 N–H and O–H groups in total. The average molecular weight is 457 g/mol. The van der Waals surface area contributed by atoms with Crippen LogP contribution in [-0.2, 0) is 13.0 Å². The fourth-order valence-electron chi connectivity index (χ4n) is 5.75. The van der Waals surface area contributed by atoms with Gasteiger partial charge in [0.2, 0.25) is 0 Å². The van der Waals surface area contributed by atoms with Crippen molar-refractivity contribution in [1.82, 2.24) is 10.1 Å². The highest BCUT2D eigenvalue weighted by Gasteiger charge is 2.60. The maximum atomic E-state index is 13.9. The molecular formula is C26H23N3O5. The highest BCUT2D eigenvalue weighted by Crippen LogP contribution is 2.58. The van der Waals surface area contributed by atoms with Crippen LogP contribution in [-0.4, -0.2) is 26.8 Å². The molecule has 3 aliphatic carbocycles. The number of ether oxygens (including phenoxy) is 1. The number of fused-ring (bicyclic) bond motifs is 4. The van der Waals surface area contributed by atoms with Crippen LogP contribution in [0, 0.1) is 17.3 Å². The van der Waals surface area contributed by atoms with Crippen LogP contribution in [0.2, 0.25) is 0 Å². The van der Waals surface area contributed by atoms with Crippen molar-refractivity contribution in [2.45, 2.75) is 32.4 Å². The van der Waals surface area contributed by atoms with Crippen LogP contribution in [0.1, 0.15) is 57.1 Å². The second kappa shape index (κ2) is 7.36. The van der Waals surface area contributed by atoms with E-state index in [1.807, 2.05) is 30.3 Å². The number of carbonyl (C=O) groups is 2. The normalized spacial score (nSPS) is 27.5. The smallest absolute Gasteiger partial charge is 0.265 e. The largest absolute Gasteiger partial charge is 0.511 e. The monoisotopic (exact) mass is 457 g/mol. The van der Waals surface area contributed by atoms with Gasteiger partial charge in [0, 0.05) is 23.3 Å². The predicted molar refractivity (Wildman–Crippen MR) is 120 cm³/mol. The number of aliphatic hydroxyl groups is 1. The van der Waals surface area contributed by atoms with Crippen LogP contribution >= 0.6 is 0 Å².